The van der Waals surface area contributed by atoms with Crippen LogP contribution in [-0.4, -0.2) is 55.1 Å². The van der Waals surface area contributed by atoms with Crippen molar-refractivity contribution in [1.82, 2.24) is 9.80 Å². The van der Waals surface area contributed by atoms with Crippen molar-refractivity contribution in [2.45, 2.75) is 51.0 Å². The molecule has 0 aromatic rings. The lowest BCUT2D eigenvalue weighted by Gasteiger charge is -2.43. The summed E-state index contributed by atoms with van der Waals surface area (Å²) in [6, 6.07) is 0.670. The molecule has 0 aromatic heterocycles. The average molecular weight is 265 g/mol. The second kappa shape index (κ2) is 6.55. The summed E-state index contributed by atoms with van der Waals surface area (Å²) in [6.07, 6.45) is 10.1. The lowest BCUT2D eigenvalue weighted by Crippen LogP contribution is -2.55. The molecule has 1 saturated heterocycles. The van der Waals surface area contributed by atoms with E-state index in [2.05, 4.69) is 9.80 Å². The maximum Gasteiger partial charge on any atom is 0.0247 e. The summed E-state index contributed by atoms with van der Waals surface area (Å²) >= 11 is 0. The Morgan fingerprint density at radius 2 is 1.58 bits per heavy atom. The van der Waals surface area contributed by atoms with Crippen molar-refractivity contribution in [2.24, 2.45) is 17.6 Å². The molecule has 3 aliphatic rings. The fourth-order valence-corrected chi connectivity index (χ4v) is 4.10. The normalized spacial score (nSPS) is 29.5. The fourth-order valence-electron chi connectivity index (χ4n) is 4.10. The summed E-state index contributed by atoms with van der Waals surface area (Å²) in [5.74, 6) is 1.92. The number of hydrogen-bond acceptors (Lipinski definition) is 3. The molecule has 0 radical (unpaired) electrons. The first kappa shape index (κ1) is 13.8. The molecule has 0 aromatic carbocycles. The summed E-state index contributed by atoms with van der Waals surface area (Å²) in [5.41, 5.74) is 6.10. The van der Waals surface area contributed by atoms with Gasteiger partial charge in [-0.2, -0.15) is 0 Å². The standard InChI is InChI=1S/C16H31N3/c17-12-16(15-4-2-1-3-5-15)19-10-8-18(9-11-19)13-14-6-7-14/h14-16H,1-13,17H2. The summed E-state index contributed by atoms with van der Waals surface area (Å²) in [4.78, 5) is 5.39. The summed E-state index contributed by atoms with van der Waals surface area (Å²) in [7, 11) is 0. The van der Waals surface area contributed by atoms with E-state index in [1.165, 1.54) is 77.7 Å². The van der Waals surface area contributed by atoms with Crippen LogP contribution < -0.4 is 5.73 Å². The molecule has 1 unspecified atom stereocenters. The van der Waals surface area contributed by atoms with Crippen molar-refractivity contribution in [1.29, 1.82) is 0 Å². The third kappa shape index (κ3) is 3.71. The predicted molar refractivity (Wildman–Crippen MR) is 80.2 cm³/mol. The highest BCUT2D eigenvalue weighted by Gasteiger charge is 2.31. The third-order valence-electron chi connectivity index (χ3n) is 5.52. The molecule has 19 heavy (non-hydrogen) atoms. The van der Waals surface area contributed by atoms with Crippen LogP contribution in [0.25, 0.3) is 0 Å². The Bertz CT molecular complexity index is 263. The largest absolute Gasteiger partial charge is 0.329 e. The molecule has 110 valence electrons. The monoisotopic (exact) mass is 265 g/mol. The van der Waals surface area contributed by atoms with Crippen molar-refractivity contribution in [2.75, 3.05) is 39.3 Å². The lowest BCUT2D eigenvalue weighted by atomic mass is 9.83. The zero-order valence-electron chi connectivity index (χ0n) is 12.4. The van der Waals surface area contributed by atoms with E-state index in [4.69, 9.17) is 5.73 Å². The van der Waals surface area contributed by atoms with E-state index >= 15 is 0 Å². The van der Waals surface area contributed by atoms with Crippen LogP contribution in [0.1, 0.15) is 44.9 Å². The number of rotatable bonds is 5. The van der Waals surface area contributed by atoms with Crippen molar-refractivity contribution in [3.05, 3.63) is 0 Å². The van der Waals surface area contributed by atoms with Gasteiger partial charge in [-0.05, 0) is 37.5 Å². The lowest BCUT2D eigenvalue weighted by molar-refractivity contribution is 0.0603. The molecular weight excluding hydrogens is 234 g/mol. The van der Waals surface area contributed by atoms with Crippen molar-refractivity contribution in [3.63, 3.8) is 0 Å². The molecule has 2 N–H and O–H groups in total. The van der Waals surface area contributed by atoms with Crippen LogP contribution in [0.4, 0.5) is 0 Å². The average Bonchev–Trinajstić information content (AvgIpc) is 3.27. The summed E-state index contributed by atoms with van der Waals surface area (Å²) in [5, 5.41) is 0. The molecule has 0 spiro atoms. The molecule has 2 aliphatic carbocycles. The van der Waals surface area contributed by atoms with Crippen LogP contribution in [0.3, 0.4) is 0 Å². The molecule has 1 atom stereocenters. The van der Waals surface area contributed by atoms with Gasteiger partial charge in [-0.25, -0.2) is 0 Å². The highest BCUT2D eigenvalue weighted by molar-refractivity contribution is 4.87. The third-order valence-corrected chi connectivity index (χ3v) is 5.52. The van der Waals surface area contributed by atoms with E-state index < -0.39 is 0 Å². The van der Waals surface area contributed by atoms with E-state index in [0.717, 1.165) is 18.4 Å². The minimum absolute atomic E-state index is 0.670. The molecule has 0 bridgehead atoms. The summed E-state index contributed by atoms with van der Waals surface area (Å²) in [6.45, 7) is 7.30. The van der Waals surface area contributed by atoms with E-state index in [-0.39, 0.29) is 0 Å². The second-order valence-corrected chi connectivity index (χ2v) is 6.98. The second-order valence-electron chi connectivity index (χ2n) is 6.98. The molecule has 3 rings (SSSR count). The SMILES string of the molecule is NCC(C1CCCCC1)N1CCN(CC2CC2)CC1. The Balaban J connectivity index is 1.47. The number of piperazine rings is 1. The number of nitrogens with two attached hydrogens (primary N) is 1. The van der Waals surface area contributed by atoms with Gasteiger partial charge in [0.1, 0.15) is 0 Å². The van der Waals surface area contributed by atoms with Gasteiger partial charge in [-0.1, -0.05) is 19.3 Å². The van der Waals surface area contributed by atoms with Crippen molar-refractivity contribution in [3.8, 4) is 0 Å². The van der Waals surface area contributed by atoms with Crippen molar-refractivity contribution < 1.29 is 0 Å². The van der Waals surface area contributed by atoms with Gasteiger partial charge in [0.2, 0.25) is 0 Å². The van der Waals surface area contributed by atoms with Gasteiger partial charge in [-0.3, -0.25) is 4.90 Å². The topological polar surface area (TPSA) is 32.5 Å². The Morgan fingerprint density at radius 1 is 0.895 bits per heavy atom. The maximum absolute atomic E-state index is 6.10. The molecule has 0 amide bonds. The van der Waals surface area contributed by atoms with E-state index in [0.29, 0.717) is 6.04 Å². The summed E-state index contributed by atoms with van der Waals surface area (Å²) < 4.78 is 0. The zero-order valence-corrected chi connectivity index (χ0v) is 12.4. The molecular formula is C16H31N3. The van der Waals surface area contributed by atoms with Gasteiger partial charge < -0.3 is 10.6 Å². The first-order valence-electron chi connectivity index (χ1n) is 8.53. The molecule has 3 heteroatoms. The highest BCUT2D eigenvalue weighted by Crippen LogP contribution is 2.31. The molecule has 1 aliphatic heterocycles. The van der Waals surface area contributed by atoms with Gasteiger partial charge >= 0.3 is 0 Å². The minimum Gasteiger partial charge on any atom is -0.329 e. The Hall–Kier alpha value is -0.120. The zero-order chi connectivity index (χ0) is 13.1. The smallest absolute Gasteiger partial charge is 0.0247 e. The van der Waals surface area contributed by atoms with Crippen LogP contribution in [0.5, 0.6) is 0 Å². The molecule has 3 nitrogen and oxygen atoms in total. The predicted octanol–water partition coefficient (Wildman–Crippen LogP) is 1.92. The van der Waals surface area contributed by atoms with Crippen LogP contribution in [-0.2, 0) is 0 Å². The van der Waals surface area contributed by atoms with Crippen molar-refractivity contribution >= 4 is 0 Å². The molecule has 3 fully saturated rings. The van der Waals surface area contributed by atoms with Crippen LogP contribution >= 0.6 is 0 Å². The first-order valence-corrected chi connectivity index (χ1v) is 8.53. The van der Waals surface area contributed by atoms with Gasteiger partial charge in [0.05, 0.1) is 0 Å². The van der Waals surface area contributed by atoms with Crippen LogP contribution in [0.15, 0.2) is 0 Å². The Morgan fingerprint density at radius 3 is 2.16 bits per heavy atom. The number of hydrogen-bond donors (Lipinski definition) is 1. The van der Waals surface area contributed by atoms with Gasteiger partial charge in [0, 0.05) is 45.3 Å². The van der Waals surface area contributed by atoms with Crippen LogP contribution in [0.2, 0.25) is 0 Å². The van der Waals surface area contributed by atoms with Gasteiger partial charge in [-0.15, -0.1) is 0 Å². The Kier molecular flexibility index (Phi) is 4.78. The van der Waals surface area contributed by atoms with E-state index in [1.807, 2.05) is 0 Å². The van der Waals surface area contributed by atoms with E-state index in [9.17, 15) is 0 Å². The molecule has 1 heterocycles. The molecule has 2 saturated carbocycles. The van der Waals surface area contributed by atoms with E-state index in [1.54, 1.807) is 0 Å². The Labute approximate surface area is 118 Å². The van der Waals surface area contributed by atoms with Gasteiger partial charge in [0.15, 0.2) is 0 Å². The fraction of sp³-hybridized carbons (Fsp3) is 1.00. The minimum atomic E-state index is 0.670. The first-order chi connectivity index (χ1) is 9.36. The highest BCUT2D eigenvalue weighted by atomic mass is 15.3. The van der Waals surface area contributed by atoms with Crippen LogP contribution in [0, 0.1) is 11.8 Å². The maximum atomic E-state index is 6.10. The van der Waals surface area contributed by atoms with Gasteiger partial charge in [0.25, 0.3) is 0 Å². The number of nitrogens with zero attached hydrogens (tertiary/aromatic N) is 2. The quantitative estimate of drug-likeness (QED) is 0.824.